The summed E-state index contributed by atoms with van der Waals surface area (Å²) in [6.45, 7) is 5.58. The zero-order valence-electron chi connectivity index (χ0n) is 34.9. The van der Waals surface area contributed by atoms with Gasteiger partial charge in [-0.25, -0.2) is 34.3 Å². The summed E-state index contributed by atoms with van der Waals surface area (Å²) >= 11 is 0. The van der Waals surface area contributed by atoms with E-state index in [4.69, 9.17) is 0 Å². The van der Waals surface area contributed by atoms with Crippen LogP contribution in [-0.2, 0) is 0 Å². The van der Waals surface area contributed by atoms with Crippen molar-refractivity contribution in [2.45, 2.75) is 20.8 Å². The molecule has 0 saturated carbocycles. The Balaban J connectivity index is 0.000000140. The molecule has 0 unspecified atom stereocenters. The van der Waals surface area contributed by atoms with Crippen LogP contribution in [0.2, 0.25) is 0 Å². The lowest BCUT2D eigenvalue weighted by Crippen LogP contribution is -2.02. The van der Waals surface area contributed by atoms with E-state index in [1.54, 1.807) is 61.3 Å². The number of fused-ring (bicyclic) bond motifs is 6. The van der Waals surface area contributed by atoms with Crippen LogP contribution in [0.15, 0.2) is 153 Å². The third-order valence-electron chi connectivity index (χ3n) is 10.3. The van der Waals surface area contributed by atoms with Gasteiger partial charge in [0.05, 0.1) is 68.8 Å². The van der Waals surface area contributed by atoms with E-state index in [0.29, 0.717) is 11.4 Å². The molecule has 17 heteroatoms. The average molecular weight is 832 g/mol. The molecule has 9 heterocycles. The molecule has 9 radical (unpaired) electrons. The maximum Gasteiger partial charge on any atom is 0.169 e. The molecular formula is C47H34B3FN13. The molecule has 9 aromatic heterocycles. The second-order valence-corrected chi connectivity index (χ2v) is 14.2. The Morgan fingerprint density at radius 1 is 0.453 bits per heavy atom. The number of hydrogen-bond acceptors (Lipinski definition) is 10. The molecule has 0 amide bonds. The first-order valence-electron chi connectivity index (χ1n) is 19.4. The van der Waals surface area contributed by atoms with Gasteiger partial charge in [-0.05, 0) is 69.3 Å². The Morgan fingerprint density at radius 3 is 1.53 bits per heavy atom. The zero-order chi connectivity index (χ0) is 41.5. The molecule has 0 atom stereocenters. The van der Waals surface area contributed by atoms with Crippen molar-refractivity contribution in [3.8, 4) is 17.2 Å². The number of nitrogens with zero attached hydrogens (tertiary/aromatic N) is 13. The summed E-state index contributed by atoms with van der Waals surface area (Å²) in [4.78, 5) is 43.3. The lowest BCUT2D eigenvalue weighted by atomic mass is 10.1. The van der Waals surface area contributed by atoms with Crippen LogP contribution >= 0.6 is 0 Å². The Bertz CT molecular complexity index is 3440. The van der Waals surface area contributed by atoms with Crippen LogP contribution in [0.5, 0.6) is 0 Å². The highest BCUT2D eigenvalue weighted by Crippen LogP contribution is 2.29. The SMILES string of the molecule is Cc1cc(-n2cnc3cnccc32)c2ccccc2n1.Cc1nc(-n2cnc3cnccc32)c2ccccc2n1.Cc1nc2ccccc2c(-n2cnc3cnccc32)c1F.[B].[B].[B]. The highest BCUT2D eigenvalue weighted by Gasteiger charge is 2.17. The first-order valence-corrected chi connectivity index (χ1v) is 19.4. The van der Waals surface area contributed by atoms with Crippen LogP contribution < -0.4 is 0 Å². The fraction of sp³-hybridized carbons (Fsp3) is 0.0638. The van der Waals surface area contributed by atoms with Crippen molar-refractivity contribution >= 4 is 91.0 Å². The summed E-state index contributed by atoms with van der Waals surface area (Å²) in [7, 11) is 0. The van der Waals surface area contributed by atoms with Crippen LogP contribution in [0.1, 0.15) is 17.2 Å². The molecular weight excluding hydrogens is 798 g/mol. The standard InChI is InChI=1S/C16H11FN4.C16H12N4.C15H11N5.3B/c1-10-15(17)16(11-4-2-3-5-12(11)20-10)21-9-19-13-8-18-7-6-14(13)21;1-11-8-16(12-4-2-3-5-13(12)19-11)20-10-18-14-9-17-7-6-15(14)20;1-10-18-12-5-3-2-4-11(12)15(19-10)20-9-17-13-8-16-7-6-14(13)20;;;/h2-9H,1H3;2-10H,1H3;2-9H,1H3;;;. The van der Waals surface area contributed by atoms with Gasteiger partial charge in [0, 0.05) is 65.7 Å². The molecule has 0 bridgehead atoms. The number of para-hydroxylation sites is 3. The van der Waals surface area contributed by atoms with Crippen LogP contribution in [0.25, 0.3) is 83.0 Å². The minimum Gasteiger partial charge on any atom is -0.298 e. The molecule has 0 aliphatic carbocycles. The van der Waals surface area contributed by atoms with Gasteiger partial charge >= 0.3 is 0 Å². The third-order valence-corrected chi connectivity index (χ3v) is 10.3. The van der Waals surface area contributed by atoms with Gasteiger partial charge in [-0.3, -0.25) is 33.6 Å². The Kier molecular flexibility index (Phi) is 12.6. The zero-order valence-corrected chi connectivity index (χ0v) is 34.9. The minimum atomic E-state index is -0.329. The molecule has 0 saturated heterocycles. The van der Waals surface area contributed by atoms with E-state index in [1.165, 1.54) is 0 Å². The molecule has 12 rings (SSSR count). The van der Waals surface area contributed by atoms with E-state index in [2.05, 4.69) is 66.5 Å². The van der Waals surface area contributed by atoms with Gasteiger partial charge in [-0.1, -0.05) is 48.5 Å². The quantitative estimate of drug-likeness (QED) is 0.160. The summed E-state index contributed by atoms with van der Waals surface area (Å²) in [5.74, 6) is 1.27. The van der Waals surface area contributed by atoms with Crippen molar-refractivity contribution in [1.29, 1.82) is 0 Å². The summed E-state index contributed by atoms with van der Waals surface area (Å²) in [6, 6.07) is 31.5. The second-order valence-electron chi connectivity index (χ2n) is 14.2. The molecule has 12 aromatic rings. The molecule has 0 aliphatic rings. The number of aryl methyl sites for hydroxylation is 3. The van der Waals surface area contributed by atoms with Crippen molar-refractivity contribution in [2.24, 2.45) is 0 Å². The second kappa shape index (κ2) is 18.4. The largest absolute Gasteiger partial charge is 0.298 e. The number of pyridine rings is 5. The van der Waals surface area contributed by atoms with Crippen molar-refractivity contribution in [2.75, 3.05) is 0 Å². The first-order chi connectivity index (χ1) is 29.9. The molecule has 64 heavy (non-hydrogen) atoms. The van der Waals surface area contributed by atoms with Gasteiger partial charge in [0.1, 0.15) is 47.2 Å². The fourth-order valence-corrected chi connectivity index (χ4v) is 7.50. The molecule has 0 spiro atoms. The van der Waals surface area contributed by atoms with Crippen molar-refractivity contribution in [3.05, 3.63) is 176 Å². The van der Waals surface area contributed by atoms with Crippen LogP contribution in [0.3, 0.4) is 0 Å². The van der Waals surface area contributed by atoms with Gasteiger partial charge in [-0.2, -0.15) is 0 Å². The highest BCUT2D eigenvalue weighted by atomic mass is 19.1. The van der Waals surface area contributed by atoms with E-state index in [9.17, 15) is 4.39 Å². The fourth-order valence-electron chi connectivity index (χ4n) is 7.50. The van der Waals surface area contributed by atoms with Gasteiger partial charge in [0.25, 0.3) is 0 Å². The van der Waals surface area contributed by atoms with Crippen LogP contribution in [0.4, 0.5) is 4.39 Å². The lowest BCUT2D eigenvalue weighted by Gasteiger charge is -2.11. The van der Waals surface area contributed by atoms with Crippen LogP contribution in [-0.4, -0.2) is 88.8 Å². The molecule has 303 valence electrons. The summed E-state index contributed by atoms with van der Waals surface area (Å²) in [5.41, 5.74) is 11.0. The number of imidazole rings is 3. The predicted octanol–water partition coefficient (Wildman–Crippen LogP) is 8.22. The lowest BCUT2D eigenvalue weighted by molar-refractivity contribution is 0.605. The third kappa shape index (κ3) is 8.02. The molecule has 3 aromatic carbocycles. The summed E-state index contributed by atoms with van der Waals surface area (Å²) < 4.78 is 20.5. The maximum absolute atomic E-state index is 14.7. The number of halogens is 1. The van der Waals surface area contributed by atoms with Crippen molar-refractivity contribution in [3.63, 3.8) is 0 Å². The Labute approximate surface area is 371 Å². The number of aromatic nitrogens is 13. The van der Waals surface area contributed by atoms with E-state index >= 15 is 0 Å². The number of hydrogen-bond donors (Lipinski definition) is 0. The van der Waals surface area contributed by atoms with Gasteiger partial charge in [0.15, 0.2) is 5.82 Å². The van der Waals surface area contributed by atoms with Crippen molar-refractivity contribution < 1.29 is 4.39 Å². The minimum absolute atomic E-state index is 0. The van der Waals surface area contributed by atoms with E-state index in [0.717, 1.165) is 88.8 Å². The smallest absolute Gasteiger partial charge is 0.169 e. The average Bonchev–Trinajstić information content (AvgIpc) is 4.04. The van der Waals surface area contributed by atoms with Crippen LogP contribution in [0, 0.1) is 26.6 Å². The maximum atomic E-state index is 14.7. The highest BCUT2D eigenvalue weighted by molar-refractivity contribution is 5.92. The molecule has 0 fully saturated rings. The van der Waals surface area contributed by atoms with Crippen molar-refractivity contribution in [1.82, 2.24) is 63.5 Å². The van der Waals surface area contributed by atoms with E-state index < -0.39 is 0 Å². The monoisotopic (exact) mass is 832 g/mol. The summed E-state index contributed by atoms with van der Waals surface area (Å²) in [6.07, 6.45) is 15.7. The Hall–Kier alpha value is -8.20. The first kappa shape index (κ1) is 43.9. The summed E-state index contributed by atoms with van der Waals surface area (Å²) in [5, 5.41) is 2.89. The number of benzene rings is 3. The topological polar surface area (TPSA) is 144 Å². The molecule has 0 N–H and O–H groups in total. The number of rotatable bonds is 3. The van der Waals surface area contributed by atoms with E-state index in [-0.39, 0.29) is 31.1 Å². The Morgan fingerprint density at radius 2 is 0.922 bits per heavy atom. The molecule has 0 aliphatic heterocycles. The van der Waals surface area contributed by atoms with Gasteiger partial charge < -0.3 is 0 Å². The van der Waals surface area contributed by atoms with Gasteiger partial charge in [-0.15, -0.1) is 0 Å². The normalized spacial score (nSPS) is 10.8. The van der Waals surface area contributed by atoms with E-state index in [1.807, 2.05) is 110 Å². The predicted molar refractivity (Wildman–Crippen MR) is 252 cm³/mol. The van der Waals surface area contributed by atoms with Gasteiger partial charge in [0.2, 0.25) is 0 Å². The molecule has 13 nitrogen and oxygen atoms in total.